The number of pyridine rings is 1. The Labute approximate surface area is 192 Å². The quantitative estimate of drug-likeness (QED) is 0.620. The van der Waals surface area contributed by atoms with Crippen molar-refractivity contribution in [1.82, 2.24) is 14.9 Å². The summed E-state index contributed by atoms with van der Waals surface area (Å²) in [7, 11) is 0. The van der Waals surface area contributed by atoms with Crippen LogP contribution >= 0.6 is 0 Å². The molecule has 2 aromatic heterocycles. The molecule has 2 aliphatic heterocycles. The van der Waals surface area contributed by atoms with Crippen LogP contribution in [0.2, 0.25) is 0 Å². The van der Waals surface area contributed by atoms with Gasteiger partial charge in [-0.3, -0.25) is 4.79 Å². The van der Waals surface area contributed by atoms with Gasteiger partial charge < -0.3 is 19.7 Å². The number of nitrogens with zero attached hydrogens (tertiary/aromatic N) is 5. The average molecular weight is 447 g/mol. The predicted octanol–water partition coefficient (Wildman–Crippen LogP) is 3.31. The summed E-state index contributed by atoms with van der Waals surface area (Å²) in [5.74, 6) is 0.919. The van der Waals surface area contributed by atoms with Crippen molar-refractivity contribution >= 4 is 28.3 Å². The standard InChI is InChI=1S/C25H27FN6O/c1-17(33)18-2-4-20(5-3-18)30-10-12-31(13-11-30)24-7-6-21-19(14-27)16-32(25(21)29-24)23-8-9-28-15-22(23)26/h2-7,16,22-23,28H,8-13,15H2,1H3/t22-,23-/m1/s1. The first kappa shape index (κ1) is 21.4. The Kier molecular flexibility index (Phi) is 5.73. The van der Waals surface area contributed by atoms with Crippen LogP contribution in [-0.2, 0) is 0 Å². The molecule has 0 saturated carbocycles. The summed E-state index contributed by atoms with van der Waals surface area (Å²) in [6, 6.07) is 13.6. The number of piperidine rings is 1. The number of halogens is 1. The Morgan fingerprint density at radius 2 is 1.85 bits per heavy atom. The number of carbonyl (C=O) groups excluding carboxylic acids is 1. The minimum atomic E-state index is -1.01. The van der Waals surface area contributed by atoms with Crippen molar-refractivity contribution in [2.24, 2.45) is 0 Å². The zero-order valence-corrected chi connectivity index (χ0v) is 18.7. The lowest BCUT2D eigenvalue weighted by Gasteiger charge is -2.37. The van der Waals surface area contributed by atoms with Gasteiger partial charge in [-0.2, -0.15) is 5.26 Å². The highest BCUT2D eigenvalue weighted by Crippen LogP contribution is 2.31. The third-order valence-electron chi connectivity index (χ3n) is 6.76. The first-order valence-electron chi connectivity index (χ1n) is 11.4. The molecule has 0 radical (unpaired) electrons. The van der Waals surface area contributed by atoms with E-state index in [2.05, 4.69) is 21.2 Å². The molecule has 4 heterocycles. The third kappa shape index (κ3) is 4.05. The van der Waals surface area contributed by atoms with Crippen molar-refractivity contribution in [3.8, 4) is 6.07 Å². The van der Waals surface area contributed by atoms with E-state index in [0.717, 1.165) is 55.2 Å². The Morgan fingerprint density at radius 3 is 2.52 bits per heavy atom. The number of fused-ring (bicyclic) bond motifs is 1. The highest BCUT2D eigenvalue weighted by atomic mass is 19.1. The minimum Gasteiger partial charge on any atom is -0.368 e. The molecule has 7 nitrogen and oxygen atoms in total. The fraction of sp³-hybridized carbons (Fsp3) is 0.400. The molecule has 2 atom stereocenters. The summed E-state index contributed by atoms with van der Waals surface area (Å²) in [6.07, 6.45) is 1.42. The fourth-order valence-electron chi connectivity index (χ4n) is 4.85. The number of benzene rings is 1. The van der Waals surface area contributed by atoms with Crippen LogP contribution in [0.1, 0.15) is 35.3 Å². The summed E-state index contributed by atoms with van der Waals surface area (Å²) < 4.78 is 16.5. The number of hydrogen-bond donors (Lipinski definition) is 1. The van der Waals surface area contributed by atoms with Gasteiger partial charge in [0.05, 0.1) is 11.6 Å². The number of nitrogens with one attached hydrogen (secondary N) is 1. The molecule has 2 fully saturated rings. The monoisotopic (exact) mass is 446 g/mol. The number of ketones is 1. The summed E-state index contributed by atoms with van der Waals surface area (Å²) in [5.41, 5.74) is 3.05. The minimum absolute atomic E-state index is 0.0701. The molecule has 2 aliphatic rings. The normalized spacial score (nSPS) is 21.2. The number of carbonyl (C=O) groups is 1. The van der Waals surface area contributed by atoms with E-state index in [1.165, 1.54) is 0 Å². The van der Waals surface area contributed by atoms with Crippen molar-refractivity contribution in [2.75, 3.05) is 49.1 Å². The summed E-state index contributed by atoms with van der Waals surface area (Å²) >= 11 is 0. The molecule has 3 aromatic rings. The van der Waals surface area contributed by atoms with Gasteiger partial charge in [0.15, 0.2) is 5.78 Å². The summed E-state index contributed by atoms with van der Waals surface area (Å²) in [6.45, 7) is 5.93. The van der Waals surface area contributed by atoms with E-state index in [1.807, 2.05) is 41.0 Å². The fourth-order valence-corrected chi connectivity index (χ4v) is 4.85. The molecular formula is C25H27FN6O. The van der Waals surface area contributed by atoms with Gasteiger partial charge in [0.2, 0.25) is 0 Å². The Balaban J connectivity index is 1.37. The van der Waals surface area contributed by atoms with Gasteiger partial charge in [-0.15, -0.1) is 0 Å². The number of anilines is 2. The molecule has 0 spiro atoms. The van der Waals surface area contributed by atoms with E-state index >= 15 is 0 Å². The van der Waals surface area contributed by atoms with Crippen LogP contribution in [0.4, 0.5) is 15.9 Å². The SMILES string of the molecule is CC(=O)c1ccc(N2CCN(c3ccc4c(C#N)cn([C@@H]5CCNC[C@H]5F)c4n3)CC2)cc1. The molecule has 1 aromatic carbocycles. The predicted molar refractivity (Wildman–Crippen MR) is 127 cm³/mol. The molecule has 8 heteroatoms. The highest BCUT2D eigenvalue weighted by Gasteiger charge is 2.29. The van der Waals surface area contributed by atoms with Crippen LogP contribution in [0.5, 0.6) is 0 Å². The lowest BCUT2D eigenvalue weighted by molar-refractivity contribution is 0.101. The van der Waals surface area contributed by atoms with Crippen LogP contribution in [0.3, 0.4) is 0 Å². The lowest BCUT2D eigenvalue weighted by atomic mass is 10.0. The van der Waals surface area contributed by atoms with E-state index in [-0.39, 0.29) is 11.8 Å². The number of rotatable bonds is 4. The van der Waals surface area contributed by atoms with Gasteiger partial charge in [0.1, 0.15) is 23.7 Å². The van der Waals surface area contributed by atoms with Crippen LogP contribution in [-0.4, -0.2) is 60.8 Å². The number of nitriles is 1. The van der Waals surface area contributed by atoms with Gasteiger partial charge in [0, 0.05) is 55.6 Å². The van der Waals surface area contributed by atoms with E-state index in [4.69, 9.17) is 4.98 Å². The number of piperazine rings is 1. The molecule has 5 rings (SSSR count). The van der Waals surface area contributed by atoms with Gasteiger partial charge in [-0.1, -0.05) is 0 Å². The average Bonchev–Trinajstić information content (AvgIpc) is 3.22. The van der Waals surface area contributed by atoms with Gasteiger partial charge in [0.25, 0.3) is 0 Å². The van der Waals surface area contributed by atoms with E-state index in [0.29, 0.717) is 24.2 Å². The van der Waals surface area contributed by atoms with E-state index in [9.17, 15) is 14.4 Å². The van der Waals surface area contributed by atoms with Crippen LogP contribution in [0.15, 0.2) is 42.6 Å². The molecule has 0 unspecified atom stereocenters. The van der Waals surface area contributed by atoms with Crippen molar-refractivity contribution in [3.63, 3.8) is 0 Å². The first-order valence-corrected chi connectivity index (χ1v) is 11.4. The highest BCUT2D eigenvalue weighted by molar-refractivity contribution is 5.94. The maximum absolute atomic E-state index is 14.7. The Bertz CT molecular complexity index is 1210. The van der Waals surface area contributed by atoms with Gasteiger partial charge >= 0.3 is 0 Å². The molecule has 2 saturated heterocycles. The second-order valence-electron chi connectivity index (χ2n) is 8.76. The Morgan fingerprint density at radius 1 is 1.12 bits per heavy atom. The van der Waals surface area contributed by atoms with Crippen LogP contribution < -0.4 is 15.1 Å². The summed E-state index contributed by atoms with van der Waals surface area (Å²) in [5, 5.41) is 13.4. The maximum Gasteiger partial charge on any atom is 0.159 e. The van der Waals surface area contributed by atoms with Crippen LogP contribution in [0, 0.1) is 11.3 Å². The molecule has 0 aliphatic carbocycles. The molecule has 0 amide bonds. The van der Waals surface area contributed by atoms with Gasteiger partial charge in [-0.25, -0.2) is 9.37 Å². The van der Waals surface area contributed by atoms with E-state index < -0.39 is 6.17 Å². The smallest absolute Gasteiger partial charge is 0.159 e. The lowest BCUT2D eigenvalue weighted by Crippen LogP contribution is -2.46. The topological polar surface area (TPSA) is 77.2 Å². The number of hydrogen-bond acceptors (Lipinski definition) is 6. The zero-order chi connectivity index (χ0) is 22.9. The van der Waals surface area contributed by atoms with Crippen molar-refractivity contribution < 1.29 is 9.18 Å². The van der Waals surface area contributed by atoms with Crippen molar-refractivity contribution in [1.29, 1.82) is 5.26 Å². The van der Waals surface area contributed by atoms with Crippen molar-refractivity contribution in [2.45, 2.75) is 25.6 Å². The molecule has 33 heavy (non-hydrogen) atoms. The second-order valence-corrected chi connectivity index (χ2v) is 8.76. The second kappa shape index (κ2) is 8.83. The van der Waals surface area contributed by atoms with Crippen molar-refractivity contribution in [3.05, 3.63) is 53.7 Å². The van der Waals surface area contributed by atoms with Crippen LogP contribution in [0.25, 0.3) is 11.0 Å². The number of aromatic nitrogens is 2. The number of alkyl halides is 1. The largest absolute Gasteiger partial charge is 0.368 e. The molecule has 0 bridgehead atoms. The van der Waals surface area contributed by atoms with Gasteiger partial charge in [-0.05, 0) is 56.3 Å². The third-order valence-corrected chi connectivity index (χ3v) is 6.76. The number of Topliss-reactive ketones (excluding diaryl/α,β-unsaturated/α-hetero) is 1. The molecule has 1 N–H and O–H groups in total. The maximum atomic E-state index is 14.7. The van der Waals surface area contributed by atoms with E-state index in [1.54, 1.807) is 13.1 Å². The first-order chi connectivity index (χ1) is 16.0. The molecular weight excluding hydrogens is 419 g/mol. The zero-order valence-electron chi connectivity index (χ0n) is 18.7. The molecule has 170 valence electrons. The Hall–Kier alpha value is -3.44. The summed E-state index contributed by atoms with van der Waals surface area (Å²) in [4.78, 5) is 21.0.